The lowest BCUT2D eigenvalue weighted by molar-refractivity contribution is -0.0502. The second-order valence-electron chi connectivity index (χ2n) is 8.86. The standard InChI is InChI=1S/C25H25F2N3O4/c1-25(2,13-28)16-10-22-29-11-17(30(22)12-21(16)33-4)15-8-19(32-3)23(18(31)7-14-5-6-14)20(9-15)34-24(26)27/h8-12,14,24H,5-7H2,1-4H3. The van der Waals surface area contributed by atoms with Gasteiger partial charge in [0.25, 0.3) is 0 Å². The predicted octanol–water partition coefficient (Wildman–Crippen LogP) is 5.40. The van der Waals surface area contributed by atoms with Crippen molar-refractivity contribution in [1.82, 2.24) is 9.38 Å². The van der Waals surface area contributed by atoms with Crippen molar-refractivity contribution in [1.29, 1.82) is 5.26 Å². The van der Waals surface area contributed by atoms with Crippen molar-refractivity contribution in [3.8, 4) is 34.6 Å². The number of pyridine rings is 1. The first-order valence-corrected chi connectivity index (χ1v) is 10.9. The number of carbonyl (C=O) groups is 1. The van der Waals surface area contributed by atoms with Gasteiger partial charge in [0.05, 0.1) is 43.8 Å². The number of rotatable bonds is 9. The van der Waals surface area contributed by atoms with Crippen LogP contribution in [0.4, 0.5) is 8.78 Å². The monoisotopic (exact) mass is 469 g/mol. The molecule has 0 bridgehead atoms. The molecule has 7 nitrogen and oxygen atoms in total. The zero-order valence-corrected chi connectivity index (χ0v) is 19.4. The van der Waals surface area contributed by atoms with E-state index in [1.807, 2.05) is 0 Å². The molecule has 0 atom stereocenters. The zero-order chi connectivity index (χ0) is 24.6. The Balaban J connectivity index is 1.87. The number of Topliss-reactive ketones (excluding diaryl/α,β-unsaturated/α-hetero) is 1. The number of nitriles is 1. The molecule has 34 heavy (non-hydrogen) atoms. The van der Waals surface area contributed by atoms with Gasteiger partial charge in [-0.1, -0.05) is 0 Å². The number of hydrogen-bond acceptors (Lipinski definition) is 6. The summed E-state index contributed by atoms with van der Waals surface area (Å²) in [5.74, 6) is 0.381. The number of nitrogens with zero attached hydrogens (tertiary/aromatic N) is 3. The molecule has 1 saturated carbocycles. The molecule has 1 aliphatic rings. The molecule has 0 N–H and O–H groups in total. The van der Waals surface area contributed by atoms with Gasteiger partial charge in [0.2, 0.25) is 0 Å². The van der Waals surface area contributed by atoms with Gasteiger partial charge in [-0.2, -0.15) is 14.0 Å². The van der Waals surface area contributed by atoms with Gasteiger partial charge in [-0.05, 0) is 50.8 Å². The Morgan fingerprint density at radius 3 is 2.47 bits per heavy atom. The average molecular weight is 469 g/mol. The van der Waals surface area contributed by atoms with Gasteiger partial charge in [0.1, 0.15) is 28.5 Å². The molecule has 0 radical (unpaired) electrons. The number of ether oxygens (including phenoxy) is 3. The summed E-state index contributed by atoms with van der Waals surface area (Å²) in [6.07, 6.45) is 5.43. The lowest BCUT2D eigenvalue weighted by Crippen LogP contribution is -2.16. The summed E-state index contributed by atoms with van der Waals surface area (Å²) in [6, 6.07) is 7.03. The fourth-order valence-electron chi connectivity index (χ4n) is 3.98. The number of ketones is 1. The van der Waals surface area contributed by atoms with Crippen molar-refractivity contribution in [2.45, 2.75) is 45.1 Å². The molecule has 4 rings (SSSR count). The maximum absolute atomic E-state index is 13.3. The number of halogens is 2. The molecule has 0 aliphatic heterocycles. The number of fused-ring (bicyclic) bond motifs is 1. The summed E-state index contributed by atoms with van der Waals surface area (Å²) in [7, 11) is 2.89. The molecule has 1 aliphatic carbocycles. The van der Waals surface area contributed by atoms with E-state index in [1.54, 1.807) is 42.8 Å². The summed E-state index contributed by atoms with van der Waals surface area (Å²) in [6.45, 7) is 0.452. The highest BCUT2D eigenvalue weighted by atomic mass is 19.3. The van der Waals surface area contributed by atoms with E-state index in [9.17, 15) is 18.8 Å². The van der Waals surface area contributed by atoms with Gasteiger partial charge in [-0.3, -0.25) is 9.20 Å². The first kappa shape index (κ1) is 23.5. The van der Waals surface area contributed by atoms with Crippen LogP contribution in [0.5, 0.6) is 17.2 Å². The number of aromatic nitrogens is 2. The van der Waals surface area contributed by atoms with E-state index < -0.39 is 12.0 Å². The Labute approximate surface area is 195 Å². The molecule has 178 valence electrons. The molecular weight excluding hydrogens is 444 g/mol. The Hall–Kier alpha value is -3.67. The molecule has 2 aromatic heterocycles. The maximum Gasteiger partial charge on any atom is 0.387 e. The smallest absolute Gasteiger partial charge is 0.387 e. The minimum Gasteiger partial charge on any atom is -0.496 e. The molecular formula is C25H25F2N3O4. The third-order valence-electron chi connectivity index (χ3n) is 6.03. The van der Waals surface area contributed by atoms with Crippen LogP contribution < -0.4 is 14.2 Å². The van der Waals surface area contributed by atoms with E-state index in [-0.39, 0.29) is 35.2 Å². The van der Waals surface area contributed by atoms with Crippen molar-refractivity contribution in [3.05, 3.63) is 41.7 Å². The van der Waals surface area contributed by atoms with Crippen molar-refractivity contribution in [2.75, 3.05) is 14.2 Å². The SMILES string of the molecule is COc1cn2c(-c3cc(OC)c(C(=O)CC4CC4)c(OC(F)F)c3)cnc2cc1C(C)(C)C#N. The molecule has 0 spiro atoms. The van der Waals surface area contributed by atoms with E-state index in [0.717, 1.165) is 12.8 Å². The van der Waals surface area contributed by atoms with Crippen LogP contribution in [0.3, 0.4) is 0 Å². The minimum absolute atomic E-state index is 0.0166. The highest BCUT2D eigenvalue weighted by Crippen LogP contribution is 2.41. The van der Waals surface area contributed by atoms with Crippen molar-refractivity contribution < 1.29 is 27.8 Å². The second kappa shape index (κ2) is 8.93. The second-order valence-corrected chi connectivity index (χ2v) is 8.86. The highest BCUT2D eigenvalue weighted by Gasteiger charge is 2.30. The third kappa shape index (κ3) is 4.40. The summed E-state index contributed by atoms with van der Waals surface area (Å²) in [4.78, 5) is 17.3. The van der Waals surface area contributed by atoms with E-state index in [4.69, 9.17) is 14.2 Å². The number of alkyl halides is 2. The molecule has 0 unspecified atom stereocenters. The zero-order valence-electron chi connectivity index (χ0n) is 19.4. The van der Waals surface area contributed by atoms with E-state index in [1.165, 1.54) is 20.3 Å². The van der Waals surface area contributed by atoms with Gasteiger partial charge in [0.15, 0.2) is 5.78 Å². The minimum atomic E-state index is -3.11. The summed E-state index contributed by atoms with van der Waals surface area (Å²) in [5, 5.41) is 9.56. The van der Waals surface area contributed by atoms with Gasteiger partial charge in [0, 0.05) is 17.5 Å². The fourth-order valence-corrected chi connectivity index (χ4v) is 3.98. The van der Waals surface area contributed by atoms with Crippen molar-refractivity contribution in [2.24, 2.45) is 5.92 Å². The van der Waals surface area contributed by atoms with E-state index >= 15 is 0 Å². The van der Waals surface area contributed by atoms with Crippen LogP contribution in [-0.4, -0.2) is 36.0 Å². The summed E-state index contributed by atoms with van der Waals surface area (Å²) in [5.41, 5.74) is 1.43. The van der Waals surface area contributed by atoms with E-state index in [2.05, 4.69) is 11.1 Å². The van der Waals surface area contributed by atoms with Crippen LogP contribution in [-0.2, 0) is 5.41 Å². The van der Waals surface area contributed by atoms with Gasteiger partial charge in [-0.25, -0.2) is 4.98 Å². The van der Waals surface area contributed by atoms with Crippen LogP contribution in [0.25, 0.3) is 16.9 Å². The van der Waals surface area contributed by atoms with Gasteiger partial charge < -0.3 is 14.2 Å². The first-order valence-electron chi connectivity index (χ1n) is 10.9. The maximum atomic E-state index is 13.3. The van der Waals surface area contributed by atoms with Crippen LogP contribution in [0, 0.1) is 17.2 Å². The normalized spacial score (nSPS) is 13.7. The lowest BCUT2D eigenvalue weighted by atomic mass is 9.86. The van der Waals surface area contributed by atoms with Crippen LogP contribution >= 0.6 is 0 Å². The van der Waals surface area contributed by atoms with Gasteiger partial charge >= 0.3 is 6.61 Å². The first-order chi connectivity index (χ1) is 16.2. The third-order valence-corrected chi connectivity index (χ3v) is 6.03. The Morgan fingerprint density at radius 1 is 1.21 bits per heavy atom. The number of carbonyl (C=O) groups excluding carboxylic acids is 1. The highest BCUT2D eigenvalue weighted by molar-refractivity contribution is 6.02. The topological polar surface area (TPSA) is 85.8 Å². The van der Waals surface area contributed by atoms with Crippen LogP contribution in [0.15, 0.2) is 30.6 Å². The fraction of sp³-hybridized carbons (Fsp3) is 0.400. The van der Waals surface area contributed by atoms with Gasteiger partial charge in [-0.15, -0.1) is 0 Å². The summed E-state index contributed by atoms with van der Waals surface area (Å²) >= 11 is 0. The molecule has 1 aromatic carbocycles. The molecule has 0 amide bonds. The number of benzene rings is 1. The lowest BCUT2D eigenvalue weighted by Gasteiger charge is -2.20. The summed E-state index contributed by atoms with van der Waals surface area (Å²) < 4.78 is 43.9. The average Bonchev–Trinajstić information content (AvgIpc) is 3.52. The number of imidazole rings is 1. The number of hydrogen-bond donors (Lipinski definition) is 0. The van der Waals surface area contributed by atoms with Crippen molar-refractivity contribution >= 4 is 11.4 Å². The molecule has 3 aromatic rings. The predicted molar refractivity (Wildman–Crippen MR) is 121 cm³/mol. The molecule has 9 heteroatoms. The molecule has 0 saturated heterocycles. The molecule has 1 fully saturated rings. The number of methoxy groups -OCH3 is 2. The van der Waals surface area contributed by atoms with E-state index in [0.29, 0.717) is 28.2 Å². The van der Waals surface area contributed by atoms with Crippen LogP contribution in [0.1, 0.15) is 49.0 Å². The van der Waals surface area contributed by atoms with Crippen molar-refractivity contribution in [3.63, 3.8) is 0 Å². The Morgan fingerprint density at radius 2 is 1.88 bits per heavy atom. The Kier molecular flexibility index (Phi) is 6.17. The Bertz CT molecular complexity index is 1290. The van der Waals surface area contributed by atoms with Crippen LogP contribution in [0.2, 0.25) is 0 Å². The molecule has 2 heterocycles. The quantitative estimate of drug-likeness (QED) is 0.390. The largest absolute Gasteiger partial charge is 0.496 e.